The average molecular weight is 449 g/mol. The lowest BCUT2D eigenvalue weighted by molar-refractivity contribution is -0.140. The van der Waals surface area contributed by atoms with Gasteiger partial charge in [0.05, 0.1) is 12.7 Å². The molecule has 1 amide bonds. The molecule has 31 heavy (non-hydrogen) atoms. The van der Waals surface area contributed by atoms with Gasteiger partial charge in [-0.25, -0.2) is 8.78 Å². The van der Waals surface area contributed by atoms with E-state index in [-0.39, 0.29) is 30.1 Å². The van der Waals surface area contributed by atoms with Gasteiger partial charge in [-0.05, 0) is 42.7 Å². The third kappa shape index (κ3) is 5.43. The second-order valence-corrected chi connectivity index (χ2v) is 8.74. The van der Waals surface area contributed by atoms with Crippen LogP contribution in [0, 0.1) is 17.6 Å². The summed E-state index contributed by atoms with van der Waals surface area (Å²) in [6.07, 6.45) is 2.81. The predicted octanol–water partition coefficient (Wildman–Crippen LogP) is 4.82. The van der Waals surface area contributed by atoms with Crippen molar-refractivity contribution < 1.29 is 18.3 Å². The maximum atomic E-state index is 14.0. The van der Waals surface area contributed by atoms with Gasteiger partial charge in [0.15, 0.2) is 0 Å². The Hall–Kier alpha value is -2.02. The molecule has 1 heterocycles. The molecule has 2 aromatic carbocycles. The third-order valence-electron chi connectivity index (χ3n) is 6.29. The van der Waals surface area contributed by atoms with Crippen LogP contribution in [-0.2, 0) is 16.1 Å². The van der Waals surface area contributed by atoms with Gasteiger partial charge in [0.2, 0.25) is 5.91 Å². The van der Waals surface area contributed by atoms with E-state index in [1.807, 2.05) is 17.0 Å². The van der Waals surface area contributed by atoms with E-state index in [0.29, 0.717) is 24.7 Å². The van der Waals surface area contributed by atoms with E-state index in [4.69, 9.17) is 16.3 Å². The zero-order valence-electron chi connectivity index (χ0n) is 17.4. The molecule has 0 aromatic heterocycles. The summed E-state index contributed by atoms with van der Waals surface area (Å²) in [6, 6.07) is 11.1. The van der Waals surface area contributed by atoms with Crippen LogP contribution in [0.5, 0.6) is 0 Å². The van der Waals surface area contributed by atoms with Crippen LogP contribution in [0.1, 0.15) is 36.5 Å². The maximum Gasteiger partial charge on any atom is 0.225 e. The first-order valence-corrected chi connectivity index (χ1v) is 11.2. The Balaban J connectivity index is 1.40. The molecule has 1 saturated heterocycles. The molecule has 1 aliphatic carbocycles. The highest BCUT2D eigenvalue weighted by molar-refractivity contribution is 6.30. The largest absolute Gasteiger partial charge is 0.367 e. The minimum Gasteiger partial charge on any atom is -0.367 e. The van der Waals surface area contributed by atoms with Crippen molar-refractivity contribution in [2.24, 2.45) is 5.92 Å². The predicted molar refractivity (Wildman–Crippen MR) is 116 cm³/mol. The molecule has 1 aliphatic heterocycles. The molecule has 0 bridgehead atoms. The minimum absolute atomic E-state index is 0.0719. The summed E-state index contributed by atoms with van der Waals surface area (Å²) >= 11 is 6.02. The maximum absolute atomic E-state index is 14.0. The topological polar surface area (TPSA) is 32.8 Å². The number of hydrogen-bond acceptors (Lipinski definition) is 3. The second kappa shape index (κ2) is 10.1. The number of rotatable bonds is 7. The lowest BCUT2D eigenvalue weighted by atomic mass is 9.84. The first-order valence-electron chi connectivity index (χ1n) is 10.8. The van der Waals surface area contributed by atoms with Gasteiger partial charge in [0.1, 0.15) is 11.6 Å². The highest BCUT2D eigenvalue weighted by Crippen LogP contribution is 2.29. The number of benzene rings is 2. The molecule has 2 aliphatic rings. The summed E-state index contributed by atoms with van der Waals surface area (Å²) in [7, 11) is 0. The molecular weight excluding hydrogens is 422 g/mol. The smallest absolute Gasteiger partial charge is 0.225 e. The van der Waals surface area contributed by atoms with Crippen molar-refractivity contribution in [3.63, 3.8) is 0 Å². The molecule has 2 fully saturated rings. The fourth-order valence-corrected chi connectivity index (χ4v) is 4.21. The SMILES string of the molecule is O=C(C1CCC1)N1CCN(CC(OCc2c(F)cccc2F)c2ccc(Cl)cc2)CC1. The number of halogens is 3. The van der Waals surface area contributed by atoms with Crippen molar-refractivity contribution in [2.45, 2.75) is 32.0 Å². The van der Waals surface area contributed by atoms with Gasteiger partial charge in [0, 0.05) is 49.2 Å². The van der Waals surface area contributed by atoms with Crippen LogP contribution in [-0.4, -0.2) is 48.4 Å². The quantitative estimate of drug-likeness (QED) is 0.608. The second-order valence-electron chi connectivity index (χ2n) is 8.31. The van der Waals surface area contributed by atoms with Crippen molar-refractivity contribution in [3.05, 3.63) is 70.2 Å². The highest BCUT2D eigenvalue weighted by atomic mass is 35.5. The number of carbonyl (C=O) groups is 1. The minimum atomic E-state index is -0.613. The van der Waals surface area contributed by atoms with E-state index in [1.54, 1.807) is 12.1 Å². The Morgan fingerprint density at radius 2 is 1.68 bits per heavy atom. The van der Waals surface area contributed by atoms with Crippen molar-refractivity contribution in [2.75, 3.05) is 32.7 Å². The number of amides is 1. The van der Waals surface area contributed by atoms with E-state index in [0.717, 1.165) is 37.9 Å². The first-order chi connectivity index (χ1) is 15.0. The zero-order valence-corrected chi connectivity index (χ0v) is 18.2. The summed E-state index contributed by atoms with van der Waals surface area (Å²) in [5.74, 6) is -0.727. The third-order valence-corrected chi connectivity index (χ3v) is 6.55. The van der Waals surface area contributed by atoms with Gasteiger partial charge in [-0.1, -0.05) is 36.2 Å². The Labute approximate surface area is 186 Å². The Bertz CT molecular complexity index is 877. The van der Waals surface area contributed by atoms with E-state index in [9.17, 15) is 13.6 Å². The fourth-order valence-electron chi connectivity index (χ4n) is 4.08. The molecule has 7 heteroatoms. The van der Waals surface area contributed by atoms with Crippen LogP contribution < -0.4 is 0 Å². The lowest BCUT2D eigenvalue weighted by Gasteiger charge is -2.39. The normalized spacial score (nSPS) is 18.6. The van der Waals surface area contributed by atoms with Crippen LogP contribution in [0.3, 0.4) is 0 Å². The van der Waals surface area contributed by atoms with Crippen LogP contribution >= 0.6 is 11.6 Å². The number of ether oxygens (including phenoxy) is 1. The number of piperazine rings is 1. The van der Waals surface area contributed by atoms with Crippen LogP contribution in [0.25, 0.3) is 0 Å². The van der Waals surface area contributed by atoms with Gasteiger partial charge in [-0.3, -0.25) is 9.69 Å². The summed E-state index contributed by atoms with van der Waals surface area (Å²) in [5.41, 5.74) is 0.825. The van der Waals surface area contributed by atoms with Crippen LogP contribution in [0.15, 0.2) is 42.5 Å². The van der Waals surface area contributed by atoms with Crippen molar-refractivity contribution in [1.82, 2.24) is 9.80 Å². The molecule has 1 saturated carbocycles. The molecule has 4 nitrogen and oxygen atoms in total. The summed E-state index contributed by atoms with van der Waals surface area (Å²) in [5, 5.41) is 0.616. The number of hydrogen-bond donors (Lipinski definition) is 0. The highest BCUT2D eigenvalue weighted by Gasteiger charge is 2.31. The summed E-state index contributed by atoms with van der Waals surface area (Å²) in [6.45, 7) is 3.31. The van der Waals surface area contributed by atoms with Crippen molar-refractivity contribution in [1.29, 1.82) is 0 Å². The molecule has 166 valence electrons. The van der Waals surface area contributed by atoms with Crippen LogP contribution in [0.2, 0.25) is 5.02 Å². The number of carbonyl (C=O) groups excluding carboxylic acids is 1. The Kier molecular flexibility index (Phi) is 7.20. The fraction of sp³-hybridized carbons (Fsp3) is 0.458. The summed E-state index contributed by atoms with van der Waals surface area (Å²) in [4.78, 5) is 16.7. The Morgan fingerprint density at radius 3 is 2.26 bits per heavy atom. The molecule has 0 spiro atoms. The molecule has 4 rings (SSSR count). The standard InChI is InChI=1S/C24H27ClF2N2O2/c25-19-9-7-17(8-10-19)23(31-16-20-21(26)5-2-6-22(20)27)15-28-11-13-29(14-12-28)24(30)18-3-1-4-18/h2,5-10,18,23H,1,3-4,11-16H2. The Morgan fingerprint density at radius 1 is 1.03 bits per heavy atom. The molecule has 0 N–H and O–H groups in total. The van der Waals surface area contributed by atoms with Gasteiger partial charge in [-0.2, -0.15) is 0 Å². The molecule has 1 unspecified atom stereocenters. The zero-order chi connectivity index (χ0) is 21.8. The molecule has 2 aromatic rings. The number of nitrogens with zero attached hydrogens (tertiary/aromatic N) is 2. The van der Waals surface area contributed by atoms with Crippen molar-refractivity contribution >= 4 is 17.5 Å². The molecule has 1 atom stereocenters. The van der Waals surface area contributed by atoms with E-state index < -0.39 is 11.6 Å². The first kappa shape index (κ1) is 22.2. The van der Waals surface area contributed by atoms with Crippen LogP contribution in [0.4, 0.5) is 8.78 Å². The molecule has 0 radical (unpaired) electrons. The van der Waals surface area contributed by atoms with E-state index in [2.05, 4.69) is 4.90 Å². The van der Waals surface area contributed by atoms with Gasteiger partial charge in [0.25, 0.3) is 0 Å². The van der Waals surface area contributed by atoms with Gasteiger partial charge >= 0.3 is 0 Å². The average Bonchev–Trinajstić information content (AvgIpc) is 2.72. The monoisotopic (exact) mass is 448 g/mol. The summed E-state index contributed by atoms with van der Waals surface area (Å²) < 4.78 is 34.1. The van der Waals surface area contributed by atoms with Gasteiger partial charge in [-0.15, -0.1) is 0 Å². The lowest BCUT2D eigenvalue weighted by Crippen LogP contribution is -2.51. The van der Waals surface area contributed by atoms with Crippen molar-refractivity contribution in [3.8, 4) is 0 Å². The van der Waals surface area contributed by atoms with E-state index in [1.165, 1.54) is 18.2 Å². The molecular formula is C24H27ClF2N2O2. The van der Waals surface area contributed by atoms with Gasteiger partial charge < -0.3 is 9.64 Å². The van der Waals surface area contributed by atoms with E-state index >= 15 is 0 Å².